The number of aromatic nitrogens is 1. The number of hydrogen-bond acceptors (Lipinski definition) is 2. The standard InChI is InChI=1S/C11H20N2O/c1-10(12-6-4-8-14-3)11-5-7-13(2)9-11/h5,7,9-10,12H,4,6,8H2,1-3H3/t10-/m1/s1. The summed E-state index contributed by atoms with van der Waals surface area (Å²) >= 11 is 0. The molecule has 3 heteroatoms. The Morgan fingerprint density at radius 2 is 2.36 bits per heavy atom. The second-order valence-corrected chi connectivity index (χ2v) is 3.63. The lowest BCUT2D eigenvalue weighted by Crippen LogP contribution is -2.20. The van der Waals surface area contributed by atoms with Crippen molar-refractivity contribution in [3.8, 4) is 0 Å². The van der Waals surface area contributed by atoms with E-state index in [0.717, 1.165) is 19.6 Å². The molecule has 1 atom stereocenters. The van der Waals surface area contributed by atoms with Gasteiger partial charge >= 0.3 is 0 Å². The SMILES string of the molecule is COCCCN[C@H](C)c1ccn(C)c1. The normalized spacial score (nSPS) is 13.1. The van der Waals surface area contributed by atoms with Crippen LogP contribution in [0.4, 0.5) is 0 Å². The molecule has 0 aliphatic carbocycles. The highest BCUT2D eigenvalue weighted by Gasteiger charge is 2.04. The van der Waals surface area contributed by atoms with E-state index < -0.39 is 0 Å². The highest BCUT2D eigenvalue weighted by molar-refractivity contribution is 5.14. The van der Waals surface area contributed by atoms with E-state index in [9.17, 15) is 0 Å². The minimum atomic E-state index is 0.424. The average molecular weight is 196 g/mol. The molecule has 0 aliphatic rings. The van der Waals surface area contributed by atoms with E-state index in [1.165, 1.54) is 5.56 Å². The van der Waals surface area contributed by atoms with Crippen molar-refractivity contribution < 1.29 is 4.74 Å². The molecule has 1 N–H and O–H groups in total. The first-order valence-electron chi connectivity index (χ1n) is 5.08. The Morgan fingerprint density at radius 3 is 2.93 bits per heavy atom. The van der Waals surface area contributed by atoms with Crippen LogP contribution in [-0.2, 0) is 11.8 Å². The first-order chi connectivity index (χ1) is 6.74. The fourth-order valence-corrected chi connectivity index (χ4v) is 1.43. The Hall–Kier alpha value is -0.800. The van der Waals surface area contributed by atoms with Crippen LogP contribution in [0.3, 0.4) is 0 Å². The third kappa shape index (κ3) is 3.52. The Balaban J connectivity index is 2.25. The number of ether oxygens (including phenoxy) is 1. The number of hydrogen-bond donors (Lipinski definition) is 1. The van der Waals surface area contributed by atoms with Crippen LogP contribution in [-0.4, -0.2) is 24.8 Å². The largest absolute Gasteiger partial charge is 0.385 e. The van der Waals surface area contributed by atoms with Crippen molar-refractivity contribution in [2.45, 2.75) is 19.4 Å². The van der Waals surface area contributed by atoms with E-state index >= 15 is 0 Å². The zero-order valence-electron chi connectivity index (χ0n) is 9.29. The minimum Gasteiger partial charge on any atom is -0.385 e. The van der Waals surface area contributed by atoms with E-state index in [0.29, 0.717) is 6.04 Å². The van der Waals surface area contributed by atoms with Gasteiger partial charge in [-0.05, 0) is 31.5 Å². The van der Waals surface area contributed by atoms with Crippen LogP contribution in [0.25, 0.3) is 0 Å². The quantitative estimate of drug-likeness (QED) is 0.701. The van der Waals surface area contributed by atoms with Crippen molar-refractivity contribution >= 4 is 0 Å². The summed E-state index contributed by atoms with van der Waals surface area (Å²) in [4.78, 5) is 0. The number of nitrogens with zero attached hydrogens (tertiary/aromatic N) is 1. The molecule has 0 bridgehead atoms. The molecule has 0 fully saturated rings. The van der Waals surface area contributed by atoms with E-state index in [1.807, 2.05) is 7.05 Å². The highest BCUT2D eigenvalue weighted by atomic mass is 16.5. The summed E-state index contributed by atoms with van der Waals surface area (Å²) in [6, 6.07) is 2.57. The first kappa shape index (κ1) is 11.3. The second-order valence-electron chi connectivity index (χ2n) is 3.63. The summed E-state index contributed by atoms with van der Waals surface area (Å²) in [5.74, 6) is 0. The van der Waals surface area contributed by atoms with Crippen molar-refractivity contribution in [1.82, 2.24) is 9.88 Å². The average Bonchev–Trinajstić information content (AvgIpc) is 2.59. The van der Waals surface area contributed by atoms with E-state index in [1.54, 1.807) is 7.11 Å². The topological polar surface area (TPSA) is 26.2 Å². The molecule has 1 aromatic heterocycles. The van der Waals surface area contributed by atoms with Crippen molar-refractivity contribution in [3.05, 3.63) is 24.0 Å². The van der Waals surface area contributed by atoms with E-state index in [2.05, 4.69) is 35.3 Å². The third-order valence-electron chi connectivity index (χ3n) is 2.33. The lowest BCUT2D eigenvalue weighted by Gasteiger charge is -2.11. The van der Waals surface area contributed by atoms with Crippen LogP contribution < -0.4 is 5.32 Å². The van der Waals surface area contributed by atoms with Gasteiger partial charge in [0.15, 0.2) is 0 Å². The molecule has 0 aliphatic heterocycles. The number of methoxy groups -OCH3 is 1. The number of aryl methyl sites for hydroxylation is 1. The smallest absolute Gasteiger partial charge is 0.0474 e. The molecule has 0 saturated heterocycles. The van der Waals surface area contributed by atoms with Crippen LogP contribution in [0.1, 0.15) is 24.9 Å². The van der Waals surface area contributed by atoms with Gasteiger partial charge in [-0.3, -0.25) is 0 Å². The maximum Gasteiger partial charge on any atom is 0.0474 e. The summed E-state index contributed by atoms with van der Waals surface area (Å²) in [6.45, 7) is 4.01. The van der Waals surface area contributed by atoms with Gasteiger partial charge in [-0.15, -0.1) is 0 Å². The van der Waals surface area contributed by atoms with Crippen LogP contribution in [0.15, 0.2) is 18.5 Å². The molecule has 0 spiro atoms. The lowest BCUT2D eigenvalue weighted by molar-refractivity contribution is 0.193. The molecule has 1 rings (SSSR count). The summed E-state index contributed by atoms with van der Waals surface area (Å²) in [6.07, 6.45) is 5.28. The summed E-state index contributed by atoms with van der Waals surface area (Å²) in [5.41, 5.74) is 1.34. The molecule has 14 heavy (non-hydrogen) atoms. The molecular formula is C11H20N2O. The predicted molar refractivity (Wildman–Crippen MR) is 58.3 cm³/mol. The Bertz CT molecular complexity index is 258. The van der Waals surface area contributed by atoms with Gasteiger partial charge in [-0.2, -0.15) is 0 Å². The Kier molecular flexibility index (Phi) is 4.70. The fraction of sp³-hybridized carbons (Fsp3) is 0.636. The minimum absolute atomic E-state index is 0.424. The molecule has 0 unspecified atom stereocenters. The van der Waals surface area contributed by atoms with Gasteiger partial charge in [-0.25, -0.2) is 0 Å². The highest BCUT2D eigenvalue weighted by Crippen LogP contribution is 2.11. The van der Waals surface area contributed by atoms with Crippen LogP contribution in [0, 0.1) is 0 Å². The lowest BCUT2D eigenvalue weighted by atomic mass is 10.2. The van der Waals surface area contributed by atoms with Gasteiger partial charge in [0.2, 0.25) is 0 Å². The predicted octanol–water partition coefficient (Wildman–Crippen LogP) is 1.71. The van der Waals surface area contributed by atoms with Crippen molar-refractivity contribution in [2.24, 2.45) is 7.05 Å². The van der Waals surface area contributed by atoms with Crippen molar-refractivity contribution in [3.63, 3.8) is 0 Å². The van der Waals surface area contributed by atoms with Gasteiger partial charge in [0.25, 0.3) is 0 Å². The zero-order chi connectivity index (χ0) is 10.4. The van der Waals surface area contributed by atoms with Gasteiger partial charge in [0.1, 0.15) is 0 Å². The zero-order valence-corrected chi connectivity index (χ0v) is 9.29. The monoisotopic (exact) mass is 196 g/mol. The fourth-order valence-electron chi connectivity index (χ4n) is 1.43. The third-order valence-corrected chi connectivity index (χ3v) is 2.33. The maximum atomic E-state index is 4.99. The van der Waals surface area contributed by atoms with Gasteiger partial charge in [0, 0.05) is 39.2 Å². The van der Waals surface area contributed by atoms with Crippen LogP contribution in [0.5, 0.6) is 0 Å². The van der Waals surface area contributed by atoms with E-state index in [-0.39, 0.29) is 0 Å². The summed E-state index contributed by atoms with van der Waals surface area (Å²) < 4.78 is 7.06. The molecule has 1 heterocycles. The van der Waals surface area contributed by atoms with E-state index in [4.69, 9.17) is 4.74 Å². The Morgan fingerprint density at radius 1 is 1.57 bits per heavy atom. The van der Waals surface area contributed by atoms with Crippen molar-refractivity contribution in [1.29, 1.82) is 0 Å². The number of nitrogens with one attached hydrogen (secondary N) is 1. The molecule has 80 valence electrons. The summed E-state index contributed by atoms with van der Waals surface area (Å²) in [5, 5.41) is 3.45. The van der Waals surface area contributed by atoms with Crippen molar-refractivity contribution in [2.75, 3.05) is 20.3 Å². The molecular weight excluding hydrogens is 176 g/mol. The second kappa shape index (κ2) is 5.83. The first-order valence-corrected chi connectivity index (χ1v) is 5.08. The van der Waals surface area contributed by atoms with Crippen LogP contribution in [0.2, 0.25) is 0 Å². The Labute approximate surface area is 86.1 Å². The summed E-state index contributed by atoms with van der Waals surface area (Å²) in [7, 11) is 3.78. The van der Waals surface area contributed by atoms with Crippen LogP contribution >= 0.6 is 0 Å². The van der Waals surface area contributed by atoms with Gasteiger partial charge in [0.05, 0.1) is 0 Å². The molecule has 0 amide bonds. The van der Waals surface area contributed by atoms with Gasteiger partial charge in [-0.1, -0.05) is 0 Å². The molecule has 0 aromatic carbocycles. The molecule has 3 nitrogen and oxygen atoms in total. The molecule has 1 aromatic rings. The van der Waals surface area contributed by atoms with Gasteiger partial charge < -0.3 is 14.6 Å². The molecule has 0 radical (unpaired) electrons. The number of rotatable bonds is 6. The molecule has 0 saturated carbocycles. The maximum absolute atomic E-state index is 4.99.